The third kappa shape index (κ3) is 4.58. The molecule has 0 unspecified atom stereocenters. The number of rotatable bonds is 6. The molecule has 3 rings (SSSR count). The fraction of sp³-hybridized carbons (Fsp3) is 0.300. The summed E-state index contributed by atoms with van der Waals surface area (Å²) in [7, 11) is -3.63. The van der Waals surface area contributed by atoms with Crippen molar-refractivity contribution in [3.63, 3.8) is 0 Å². The van der Waals surface area contributed by atoms with Gasteiger partial charge in [-0.15, -0.1) is 0 Å². The minimum absolute atomic E-state index is 0.0465. The summed E-state index contributed by atoms with van der Waals surface area (Å²) in [5.41, 5.74) is 0.675. The molecule has 28 heavy (non-hydrogen) atoms. The topological polar surface area (TPSA) is 92.8 Å². The normalized spacial score (nSPS) is 15.8. The van der Waals surface area contributed by atoms with Gasteiger partial charge in [-0.2, -0.15) is 4.31 Å². The molecule has 1 fully saturated rings. The highest BCUT2D eigenvalue weighted by Gasteiger charge is 2.28. The van der Waals surface area contributed by atoms with Gasteiger partial charge in [0, 0.05) is 18.8 Å². The van der Waals surface area contributed by atoms with Gasteiger partial charge in [0.05, 0.1) is 10.5 Å². The number of esters is 1. The van der Waals surface area contributed by atoms with E-state index in [0.717, 1.165) is 12.8 Å². The van der Waals surface area contributed by atoms with E-state index in [-0.39, 0.29) is 10.5 Å². The first-order valence-electron chi connectivity index (χ1n) is 9.05. The Labute approximate surface area is 164 Å². The number of sulfonamides is 1. The van der Waals surface area contributed by atoms with Crippen molar-refractivity contribution < 1.29 is 22.7 Å². The van der Waals surface area contributed by atoms with Crippen LogP contribution < -0.4 is 5.32 Å². The zero-order valence-electron chi connectivity index (χ0n) is 15.5. The van der Waals surface area contributed by atoms with Crippen molar-refractivity contribution in [2.45, 2.75) is 30.8 Å². The van der Waals surface area contributed by atoms with Crippen LogP contribution in [0.25, 0.3) is 0 Å². The van der Waals surface area contributed by atoms with Crippen LogP contribution in [0.3, 0.4) is 0 Å². The Bertz CT molecular complexity index is 954. The molecule has 0 aromatic heterocycles. The molecule has 1 amide bonds. The zero-order chi connectivity index (χ0) is 20.1. The highest BCUT2D eigenvalue weighted by atomic mass is 32.2. The SMILES string of the molecule is C[C@@H](OC(=O)c1cccc(S(=O)(=O)N2CCCC2)c1)C(=O)Nc1ccccc1. The van der Waals surface area contributed by atoms with Gasteiger partial charge in [-0.05, 0) is 50.1 Å². The van der Waals surface area contributed by atoms with Crippen molar-refractivity contribution in [1.29, 1.82) is 0 Å². The molecule has 0 radical (unpaired) electrons. The number of carbonyl (C=O) groups excluding carboxylic acids is 2. The number of nitrogens with zero attached hydrogens (tertiary/aromatic N) is 1. The Kier molecular flexibility index (Phi) is 6.11. The second kappa shape index (κ2) is 8.53. The van der Waals surface area contributed by atoms with Gasteiger partial charge in [0.15, 0.2) is 6.10 Å². The molecule has 2 aromatic carbocycles. The van der Waals surface area contributed by atoms with E-state index >= 15 is 0 Å². The smallest absolute Gasteiger partial charge is 0.338 e. The van der Waals surface area contributed by atoms with Crippen LogP contribution in [0.1, 0.15) is 30.1 Å². The minimum Gasteiger partial charge on any atom is -0.449 e. The number of ether oxygens (including phenoxy) is 1. The van der Waals surface area contributed by atoms with Gasteiger partial charge < -0.3 is 10.1 Å². The molecule has 8 heteroatoms. The van der Waals surface area contributed by atoms with Gasteiger partial charge in [0.1, 0.15) is 0 Å². The van der Waals surface area contributed by atoms with Gasteiger partial charge in [-0.3, -0.25) is 4.79 Å². The first-order chi connectivity index (χ1) is 13.4. The number of amides is 1. The molecule has 2 aromatic rings. The second-order valence-corrected chi connectivity index (χ2v) is 8.48. The maximum Gasteiger partial charge on any atom is 0.338 e. The fourth-order valence-corrected chi connectivity index (χ4v) is 4.47. The summed E-state index contributed by atoms with van der Waals surface area (Å²) < 4.78 is 31.9. The lowest BCUT2D eigenvalue weighted by Gasteiger charge is -2.16. The number of para-hydroxylation sites is 1. The Morgan fingerprint density at radius 1 is 1.04 bits per heavy atom. The standard InChI is InChI=1S/C20H22N2O5S/c1-15(19(23)21-17-9-3-2-4-10-17)27-20(24)16-8-7-11-18(14-16)28(25,26)22-12-5-6-13-22/h2-4,7-11,14-15H,5-6,12-13H2,1H3,(H,21,23)/t15-/m1/s1. The predicted octanol–water partition coefficient (Wildman–Crippen LogP) is 2.66. The molecule has 1 saturated heterocycles. The lowest BCUT2D eigenvalue weighted by molar-refractivity contribution is -0.123. The third-order valence-electron chi connectivity index (χ3n) is 4.47. The first kappa shape index (κ1) is 20.0. The van der Waals surface area contributed by atoms with E-state index in [0.29, 0.717) is 18.8 Å². The maximum absolute atomic E-state index is 12.7. The molecule has 0 bridgehead atoms. The van der Waals surface area contributed by atoms with Gasteiger partial charge >= 0.3 is 5.97 Å². The first-order valence-corrected chi connectivity index (χ1v) is 10.5. The number of nitrogens with one attached hydrogen (secondary N) is 1. The number of benzene rings is 2. The summed E-state index contributed by atoms with van der Waals surface area (Å²) in [6.45, 7) is 2.42. The Hall–Kier alpha value is -2.71. The quantitative estimate of drug-likeness (QED) is 0.750. The highest BCUT2D eigenvalue weighted by Crippen LogP contribution is 2.22. The van der Waals surface area contributed by atoms with Crippen molar-refractivity contribution in [3.05, 3.63) is 60.2 Å². The number of carbonyl (C=O) groups is 2. The molecule has 0 spiro atoms. The molecular formula is C20H22N2O5S. The summed E-state index contributed by atoms with van der Waals surface area (Å²) in [5, 5.41) is 2.65. The lowest BCUT2D eigenvalue weighted by Crippen LogP contribution is -2.30. The Balaban J connectivity index is 1.68. The van der Waals surface area contributed by atoms with Crippen LogP contribution >= 0.6 is 0 Å². The van der Waals surface area contributed by atoms with Gasteiger partial charge in [0.25, 0.3) is 5.91 Å². The van der Waals surface area contributed by atoms with E-state index in [4.69, 9.17) is 4.74 Å². The molecular weight excluding hydrogens is 380 g/mol. The van der Waals surface area contributed by atoms with Gasteiger partial charge in [-0.1, -0.05) is 24.3 Å². The number of hydrogen-bond acceptors (Lipinski definition) is 5. The fourth-order valence-electron chi connectivity index (χ4n) is 2.91. The van der Waals surface area contributed by atoms with E-state index in [1.165, 1.54) is 35.5 Å². The van der Waals surface area contributed by atoms with Crippen LogP contribution in [0.15, 0.2) is 59.5 Å². The lowest BCUT2D eigenvalue weighted by atomic mass is 10.2. The summed E-state index contributed by atoms with van der Waals surface area (Å²) in [6.07, 6.45) is 0.621. The summed E-state index contributed by atoms with van der Waals surface area (Å²) >= 11 is 0. The second-order valence-electron chi connectivity index (χ2n) is 6.54. The molecule has 7 nitrogen and oxygen atoms in total. The highest BCUT2D eigenvalue weighted by molar-refractivity contribution is 7.89. The molecule has 1 N–H and O–H groups in total. The largest absolute Gasteiger partial charge is 0.449 e. The molecule has 1 heterocycles. The van der Waals surface area contributed by atoms with Crippen LogP contribution in [0.2, 0.25) is 0 Å². The molecule has 1 aliphatic rings. The Morgan fingerprint density at radius 3 is 2.39 bits per heavy atom. The molecule has 148 valence electrons. The summed E-state index contributed by atoms with van der Waals surface area (Å²) in [4.78, 5) is 24.6. The summed E-state index contributed by atoms with van der Waals surface area (Å²) in [5.74, 6) is -1.23. The monoisotopic (exact) mass is 402 g/mol. The van der Waals surface area contributed by atoms with Crippen LogP contribution in [-0.2, 0) is 19.6 Å². The number of hydrogen-bond donors (Lipinski definition) is 1. The maximum atomic E-state index is 12.7. The van der Waals surface area contributed by atoms with E-state index in [9.17, 15) is 18.0 Å². The van der Waals surface area contributed by atoms with E-state index < -0.39 is 28.0 Å². The summed E-state index contributed by atoms with van der Waals surface area (Å²) in [6, 6.07) is 14.5. The van der Waals surface area contributed by atoms with Crippen LogP contribution in [0.4, 0.5) is 5.69 Å². The van der Waals surface area contributed by atoms with Crippen molar-refractivity contribution in [3.8, 4) is 0 Å². The van der Waals surface area contributed by atoms with Gasteiger partial charge in [0.2, 0.25) is 10.0 Å². The molecule has 0 saturated carbocycles. The molecule has 1 aliphatic heterocycles. The van der Waals surface area contributed by atoms with E-state index in [1.807, 2.05) is 6.07 Å². The van der Waals surface area contributed by atoms with Crippen molar-refractivity contribution in [2.75, 3.05) is 18.4 Å². The van der Waals surface area contributed by atoms with Crippen LogP contribution in [0, 0.1) is 0 Å². The van der Waals surface area contributed by atoms with E-state index in [1.54, 1.807) is 24.3 Å². The third-order valence-corrected chi connectivity index (χ3v) is 6.36. The predicted molar refractivity (Wildman–Crippen MR) is 104 cm³/mol. The minimum atomic E-state index is -3.63. The van der Waals surface area contributed by atoms with Gasteiger partial charge in [-0.25, -0.2) is 13.2 Å². The average molecular weight is 402 g/mol. The molecule has 0 aliphatic carbocycles. The van der Waals surface area contributed by atoms with Crippen molar-refractivity contribution in [2.24, 2.45) is 0 Å². The van der Waals surface area contributed by atoms with Crippen LogP contribution in [0.5, 0.6) is 0 Å². The zero-order valence-corrected chi connectivity index (χ0v) is 16.3. The van der Waals surface area contributed by atoms with Crippen LogP contribution in [-0.4, -0.2) is 43.8 Å². The number of anilines is 1. The molecule has 1 atom stereocenters. The van der Waals surface area contributed by atoms with Crippen molar-refractivity contribution >= 4 is 27.6 Å². The van der Waals surface area contributed by atoms with E-state index in [2.05, 4.69) is 5.32 Å². The Morgan fingerprint density at radius 2 is 1.71 bits per heavy atom. The average Bonchev–Trinajstić information content (AvgIpc) is 3.24. The van der Waals surface area contributed by atoms with Crippen molar-refractivity contribution in [1.82, 2.24) is 4.31 Å².